The molecule has 0 saturated heterocycles. The Morgan fingerprint density at radius 1 is 1.54 bits per heavy atom. The summed E-state index contributed by atoms with van der Waals surface area (Å²) in [6.45, 7) is 6.37. The van der Waals surface area contributed by atoms with E-state index in [9.17, 15) is 0 Å². The molecule has 1 aromatic heterocycles. The molecule has 0 aliphatic heterocycles. The van der Waals surface area contributed by atoms with Crippen LogP contribution >= 0.6 is 11.6 Å². The fraction of sp³-hybridized carbons (Fsp3) is 0.500. The van der Waals surface area contributed by atoms with Gasteiger partial charge in [0, 0.05) is 11.7 Å². The minimum absolute atomic E-state index is 0.0397. The van der Waals surface area contributed by atoms with Crippen LogP contribution in [0.1, 0.15) is 27.2 Å². The van der Waals surface area contributed by atoms with Crippen molar-refractivity contribution in [3.05, 3.63) is 23.4 Å². The van der Waals surface area contributed by atoms with Crippen LogP contribution in [0.2, 0.25) is 5.02 Å². The maximum Gasteiger partial charge on any atom is 0.145 e. The standard InChI is InChI=1S/C10H15ClN2/c1-4-10(2,3)13-9-8(11)6-5-7-12-9/h5-7H,4H2,1-3H3,(H,12,13). The van der Waals surface area contributed by atoms with Crippen LogP contribution in [0.3, 0.4) is 0 Å². The second-order valence-corrected chi connectivity index (χ2v) is 4.10. The Morgan fingerprint density at radius 3 is 2.77 bits per heavy atom. The number of halogens is 1. The van der Waals surface area contributed by atoms with Crippen LogP contribution in [0.4, 0.5) is 5.82 Å². The van der Waals surface area contributed by atoms with Crippen molar-refractivity contribution < 1.29 is 0 Å². The van der Waals surface area contributed by atoms with E-state index in [1.165, 1.54) is 0 Å². The number of hydrogen-bond donors (Lipinski definition) is 1. The Balaban J connectivity index is 2.80. The summed E-state index contributed by atoms with van der Waals surface area (Å²) in [5, 5.41) is 3.96. The highest BCUT2D eigenvalue weighted by Crippen LogP contribution is 2.22. The molecule has 0 unspecified atom stereocenters. The van der Waals surface area contributed by atoms with Gasteiger partial charge in [0.2, 0.25) is 0 Å². The minimum Gasteiger partial charge on any atom is -0.364 e. The van der Waals surface area contributed by atoms with E-state index in [0.29, 0.717) is 5.02 Å². The summed E-state index contributed by atoms with van der Waals surface area (Å²) in [6.07, 6.45) is 2.76. The maximum atomic E-state index is 5.96. The molecule has 1 N–H and O–H groups in total. The Morgan fingerprint density at radius 2 is 2.23 bits per heavy atom. The topological polar surface area (TPSA) is 24.9 Å². The van der Waals surface area contributed by atoms with Crippen molar-refractivity contribution in [2.75, 3.05) is 5.32 Å². The molecule has 0 saturated carbocycles. The summed E-state index contributed by atoms with van der Waals surface area (Å²) in [6, 6.07) is 3.66. The van der Waals surface area contributed by atoms with Gasteiger partial charge < -0.3 is 5.32 Å². The Labute approximate surface area is 84.3 Å². The van der Waals surface area contributed by atoms with Gasteiger partial charge >= 0.3 is 0 Å². The highest BCUT2D eigenvalue weighted by molar-refractivity contribution is 6.32. The Kier molecular flexibility index (Phi) is 3.15. The van der Waals surface area contributed by atoms with Crippen LogP contribution in [0.5, 0.6) is 0 Å². The molecule has 0 bridgehead atoms. The van der Waals surface area contributed by atoms with Gasteiger partial charge in [-0.05, 0) is 32.4 Å². The molecule has 3 heteroatoms. The summed E-state index contributed by atoms with van der Waals surface area (Å²) in [5.41, 5.74) is 0.0397. The zero-order valence-corrected chi connectivity index (χ0v) is 9.02. The molecule has 0 aromatic carbocycles. The number of nitrogens with zero attached hydrogens (tertiary/aromatic N) is 1. The van der Waals surface area contributed by atoms with E-state index >= 15 is 0 Å². The molecule has 0 fully saturated rings. The van der Waals surface area contributed by atoms with E-state index in [4.69, 9.17) is 11.6 Å². The third-order valence-corrected chi connectivity index (χ3v) is 2.40. The van der Waals surface area contributed by atoms with Crippen LogP contribution < -0.4 is 5.32 Å². The van der Waals surface area contributed by atoms with E-state index in [2.05, 4.69) is 31.1 Å². The van der Waals surface area contributed by atoms with Crippen LogP contribution in [-0.4, -0.2) is 10.5 Å². The molecule has 0 atom stereocenters. The number of anilines is 1. The van der Waals surface area contributed by atoms with E-state index < -0.39 is 0 Å². The van der Waals surface area contributed by atoms with Crippen LogP contribution in [0.25, 0.3) is 0 Å². The highest BCUT2D eigenvalue weighted by atomic mass is 35.5. The van der Waals surface area contributed by atoms with Crippen molar-refractivity contribution in [1.82, 2.24) is 4.98 Å². The smallest absolute Gasteiger partial charge is 0.145 e. The highest BCUT2D eigenvalue weighted by Gasteiger charge is 2.15. The molecule has 13 heavy (non-hydrogen) atoms. The van der Waals surface area contributed by atoms with Crippen molar-refractivity contribution in [2.45, 2.75) is 32.7 Å². The van der Waals surface area contributed by atoms with E-state index in [-0.39, 0.29) is 5.54 Å². The zero-order valence-electron chi connectivity index (χ0n) is 8.26. The van der Waals surface area contributed by atoms with Gasteiger partial charge in [-0.25, -0.2) is 4.98 Å². The van der Waals surface area contributed by atoms with Gasteiger partial charge in [0.1, 0.15) is 5.82 Å². The predicted octanol–water partition coefficient (Wildman–Crippen LogP) is 3.34. The monoisotopic (exact) mass is 198 g/mol. The quantitative estimate of drug-likeness (QED) is 0.806. The first-order valence-corrected chi connectivity index (χ1v) is 4.81. The van der Waals surface area contributed by atoms with Crippen LogP contribution in [0.15, 0.2) is 18.3 Å². The molecule has 1 aromatic rings. The third kappa shape index (κ3) is 2.88. The second kappa shape index (κ2) is 3.97. The molecule has 0 radical (unpaired) electrons. The first-order chi connectivity index (χ1) is 6.05. The van der Waals surface area contributed by atoms with Gasteiger partial charge in [0.15, 0.2) is 0 Å². The minimum atomic E-state index is 0.0397. The van der Waals surface area contributed by atoms with Crippen molar-refractivity contribution in [2.24, 2.45) is 0 Å². The van der Waals surface area contributed by atoms with E-state index in [1.54, 1.807) is 6.20 Å². The second-order valence-electron chi connectivity index (χ2n) is 3.70. The summed E-state index contributed by atoms with van der Waals surface area (Å²) in [5.74, 6) is 0.760. The van der Waals surface area contributed by atoms with Gasteiger partial charge in [-0.15, -0.1) is 0 Å². The average Bonchev–Trinajstić information content (AvgIpc) is 2.09. The molecule has 72 valence electrons. The molecule has 0 spiro atoms. The molecule has 0 aliphatic rings. The van der Waals surface area contributed by atoms with E-state index in [0.717, 1.165) is 12.2 Å². The van der Waals surface area contributed by atoms with Crippen molar-refractivity contribution in [3.63, 3.8) is 0 Å². The number of pyridine rings is 1. The van der Waals surface area contributed by atoms with E-state index in [1.807, 2.05) is 12.1 Å². The molecule has 2 nitrogen and oxygen atoms in total. The van der Waals surface area contributed by atoms with Crippen molar-refractivity contribution >= 4 is 17.4 Å². The normalized spacial score (nSPS) is 11.4. The van der Waals surface area contributed by atoms with Gasteiger partial charge in [-0.3, -0.25) is 0 Å². The SMILES string of the molecule is CCC(C)(C)Nc1ncccc1Cl. The first-order valence-electron chi connectivity index (χ1n) is 4.44. The van der Waals surface area contributed by atoms with Gasteiger partial charge in [0.05, 0.1) is 5.02 Å². The molecule has 1 rings (SSSR count). The summed E-state index contributed by atoms with van der Waals surface area (Å²) < 4.78 is 0. The maximum absolute atomic E-state index is 5.96. The Hall–Kier alpha value is -0.760. The van der Waals surface area contributed by atoms with Crippen LogP contribution in [0, 0.1) is 0 Å². The lowest BCUT2D eigenvalue weighted by Gasteiger charge is -2.25. The number of aromatic nitrogens is 1. The Bertz CT molecular complexity index is 284. The fourth-order valence-electron chi connectivity index (χ4n) is 0.887. The van der Waals surface area contributed by atoms with Crippen molar-refractivity contribution in [1.29, 1.82) is 0 Å². The molecule has 0 amide bonds. The van der Waals surface area contributed by atoms with Gasteiger partial charge in [0.25, 0.3) is 0 Å². The van der Waals surface area contributed by atoms with Crippen LogP contribution in [-0.2, 0) is 0 Å². The fourth-order valence-corrected chi connectivity index (χ4v) is 1.06. The van der Waals surface area contributed by atoms with Crippen molar-refractivity contribution in [3.8, 4) is 0 Å². The van der Waals surface area contributed by atoms with Gasteiger partial charge in [-0.1, -0.05) is 18.5 Å². The summed E-state index contributed by atoms with van der Waals surface area (Å²) >= 11 is 5.96. The molecular formula is C10H15ClN2. The third-order valence-electron chi connectivity index (χ3n) is 2.10. The number of rotatable bonds is 3. The average molecular weight is 199 g/mol. The summed E-state index contributed by atoms with van der Waals surface area (Å²) in [4.78, 5) is 4.17. The predicted molar refractivity (Wildman–Crippen MR) is 57.2 cm³/mol. The lowest BCUT2D eigenvalue weighted by molar-refractivity contribution is 0.545. The van der Waals surface area contributed by atoms with Gasteiger partial charge in [-0.2, -0.15) is 0 Å². The lowest BCUT2D eigenvalue weighted by atomic mass is 10.0. The first kappa shape index (κ1) is 10.3. The molecule has 1 heterocycles. The number of hydrogen-bond acceptors (Lipinski definition) is 2. The largest absolute Gasteiger partial charge is 0.364 e. The number of nitrogens with one attached hydrogen (secondary N) is 1. The molecular weight excluding hydrogens is 184 g/mol. The molecule has 0 aliphatic carbocycles. The summed E-state index contributed by atoms with van der Waals surface area (Å²) in [7, 11) is 0. The zero-order chi connectivity index (χ0) is 9.90. The lowest BCUT2D eigenvalue weighted by Crippen LogP contribution is -2.30.